The number of hydrogen-bond donors (Lipinski definition) is 1. The van der Waals surface area contributed by atoms with Gasteiger partial charge in [0.15, 0.2) is 0 Å². The summed E-state index contributed by atoms with van der Waals surface area (Å²) in [7, 11) is 0. The molecule has 2 aliphatic carbocycles. The first-order chi connectivity index (χ1) is 10.4. The lowest BCUT2D eigenvalue weighted by Gasteiger charge is -2.08. The van der Waals surface area contributed by atoms with E-state index < -0.39 is 0 Å². The Kier molecular flexibility index (Phi) is 2.28. The first kappa shape index (κ1) is 11.5. The van der Waals surface area contributed by atoms with Crippen molar-refractivity contribution in [1.82, 2.24) is 15.0 Å². The predicted molar refractivity (Wildman–Crippen MR) is 83.3 cm³/mol. The number of nitrogens with one attached hydrogen (secondary N) is 1. The zero-order valence-corrected chi connectivity index (χ0v) is 11.8. The maximum absolute atomic E-state index is 4.89. The zero-order chi connectivity index (χ0) is 13.8. The lowest BCUT2D eigenvalue weighted by atomic mass is 10.0. The SMILES string of the molecule is c1cnc(C2CC2)c(-c2cccc3[nH]c(C4CC4)nc23)c1. The number of pyridine rings is 1. The van der Waals surface area contributed by atoms with Crippen molar-refractivity contribution in [3.8, 4) is 11.1 Å². The number of fused-ring (bicyclic) bond motifs is 1. The number of para-hydroxylation sites is 1. The summed E-state index contributed by atoms with van der Waals surface area (Å²) in [5.41, 5.74) is 6.00. The number of aromatic amines is 1. The molecule has 0 unspecified atom stereocenters. The third kappa shape index (κ3) is 1.88. The van der Waals surface area contributed by atoms with Gasteiger partial charge in [0.25, 0.3) is 0 Å². The van der Waals surface area contributed by atoms with Crippen LogP contribution in [0.2, 0.25) is 0 Å². The third-order valence-electron chi connectivity index (χ3n) is 4.59. The minimum Gasteiger partial charge on any atom is -0.342 e. The Morgan fingerprint density at radius 2 is 1.71 bits per heavy atom. The van der Waals surface area contributed by atoms with Crippen molar-refractivity contribution in [2.45, 2.75) is 37.5 Å². The topological polar surface area (TPSA) is 41.6 Å². The summed E-state index contributed by atoms with van der Waals surface area (Å²) in [5, 5.41) is 0. The van der Waals surface area contributed by atoms with E-state index in [0.717, 1.165) is 16.9 Å². The van der Waals surface area contributed by atoms with Crippen molar-refractivity contribution in [3.05, 3.63) is 48.0 Å². The average Bonchev–Trinajstić information content (AvgIpc) is 3.43. The van der Waals surface area contributed by atoms with E-state index in [4.69, 9.17) is 4.98 Å². The van der Waals surface area contributed by atoms with Crippen molar-refractivity contribution >= 4 is 11.0 Å². The van der Waals surface area contributed by atoms with Gasteiger partial charge in [0.1, 0.15) is 5.82 Å². The summed E-state index contributed by atoms with van der Waals surface area (Å²) in [6.07, 6.45) is 7.00. The quantitative estimate of drug-likeness (QED) is 0.770. The smallest absolute Gasteiger partial charge is 0.110 e. The highest BCUT2D eigenvalue weighted by atomic mass is 14.9. The van der Waals surface area contributed by atoms with E-state index in [1.807, 2.05) is 12.3 Å². The number of imidazole rings is 1. The summed E-state index contributed by atoms with van der Waals surface area (Å²) < 4.78 is 0. The van der Waals surface area contributed by atoms with Crippen LogP contribution in [0.15, 0.2) is 36.5 Å². The highest BCUT2D eigenvalue weighted by Gasteiger charge is 2.29. The van der Waals surface area contributed by atoms with Gasteiger partial charge in [-0.1, -0.05) is 18.2 Å². The third-order valence-corrected chi connectivity index (χ3v) is 4.59. The molecule has 0 saturated heterocycles. The molecule has 3 aromatic rings. The van der Waals surface area contributed by atoms with Crippen LogP contribution < -0.4 is 0 Å². The molecule has 0 atom stereocenters. The Hall–Kier alpha value is -2.16. The molecule has 0 bridgehead atoms. The zero-order valence-electron chi connectivity index (χ0n) is 11.8. The summed E-state index contributed by atoms with van der Waals surface area (Å²) in [4.78, 5) is 13.0. The Morgan fingerprint density at radius 3 is 2.52 bits per heavy atom. The van der Waals surface area contributed by atoms with Gasteiger partial charge in [-0.2, -0.15) is 0 Å². The van der Waals surface area contributed by atoms with E-state index >= 15 is 0 Å². The molecule has 2 saturated carbocycles. The van der Waals surface area contributed by atoms with Crippen LogP contribution in [0.5, 0.6) is 0 Å². The standard InChI is InChI=1S/C18H17N3/c1-3-14(13-4-2-10-19-16(13)11-6-7-11)17-15(5-1)20-18(21-17)12-8-9-12/h1-5,10-12H,6-9H2,(H,20,21). The van der Waals surface area contributed by atoms with Crippen molar-refractivity contribution in [2.75, 3.05) is 0 Å². The van der Waals surface area contributed by atoms with Crippen molar-refractivity contribution in [2.24, 2.45) is 0 Å². The number of rotatable bonds is 3. The highest BCUT2D eigenvalue weighted by molar-refractivity contribution is 5.92. The van der Waals surface area contributed by atoms with E-state index in [2.05, 4.69) is 34.2 Å². The van der Waals surface area contributed by atoms with Gasteiger partial charge in [-0.3, -0.25) is 4.98 Å². The number of hydrogen-bond acceptors (Lipinski definition) is 2. The van der Waals surface area contributed by atoms with Gasteiger partial charge in [-0.05, 0) is 37.8 Å². The van der Waals surface area contributed by atoms with Crippen LogP contribution in [0.25, 0.3) is 22.2 Å². The summed E-state index contributed by atoms with van der Waals surface area (Å²) in [5.74, 6) is 2.47. The molecular weight excluding hydrogens is 258 g/mol. The Bertz CT molecular complexity index is 825. The highest BCUT2D eigenvalue weighted by Crippen LogP contribution is 2.44. The second-order valence-electron chi connectivity index (χ2n) is 6.31. The normalized spacial score (nSPS) is 18.3. The molecule has 3 heteroatoms. The molecule has 5 rings (SSSR count). The van der Waals surface area contributed by atoms with Crippen molar-refractivity contribution < 1.29 is 0 Å². The molecule has 0 spiro atoms. The average molecular weight is 275 g/mol. The number of aromatic nitrogens is 3. The van der Waals surface area contributed by atoms with Crippen molar-refractivity contribution in [1.29, 1.82) is 0 Å². The lowest BCUT2D eigenvalue weighted by Crippen LogP contribution is -1.92. The molecule has 2 fully saturated rings. The fraction of sp³-hybridized carbons (Fsp3) is 0.333. The fourth-order valence-electron chi connectivity index (χ4n) is 3.15. The second-order valence-corrected chi connectivity index (χ2v) is 6.31. The molecule has 0 amide bonds. The molecule has 2 aliphatic rings. The van der Waals surface area contributed by atoms with Crippen LogP contribution in [0.4, 0.5) is 0 Å². The molecule has 3 nitrogen and oxygen atoms in total. The molecule has 1 N–H and O–H groups in total. The van der Waals surface area contributed by atoms with Gasteiger partial charge in [0, 0.05) is 29.2 Å². The van der Waals surface area contributed by atoms with Gasteiger partial charge in [0.2, 0.25) is 0 Å². The molecule has 1 aromatic carbocycles. The largest absolute Gasteiger partial charge is 0.342 e. The predicted octanol–water partition coefficient (Wildman–Crippen LogP) is 4.38. The molecule has 21 heavy (non-hydrogen) atoms. The van der Waals surface area contributed by atoms with E-state index in [0.29, 0.717) is 11.8 Å². The number of nitrogens with zero attached hydrogens (tertiary/aromatic N) is 2. The maximum atomic E-state index is 4.89. The Morgan fingerprint density at radius 1 is 0.905 bits per heavy atom. The molecular formula is C18H17N3. The second kappa shape index (κ2) is 4.17. The summed E-state index contributed by atoms with van der Waals surface area (Å²) >= 11 is 0. The maximum Gasteiger partial charge on any atom is 0.110 e. The van der Waals surface area contributed by atoms with Gasteiger partial charge < -0.3 is 4.98 Å². The summed E-state index contributed by atoms with van der Waals surface area (Å²) in [6, 6.07) is 10.7. The van der Waals surface area contributed by atoms with Crippen molar-refractivity contribution in [3.63, 3.8) is 0 Å². The molecule has 2 aromatic heterocycles. The fourth-order valence-corrected chi connectivity index (χ4v) is 3.15. The number of benzene rings is 1. The van der Waals surface area contributed by atoms with Gasteiger partial charge in [0.05, 0.1) is 16.7 Å². The first-order valence-electron chi connectivity index (χ1n) is 7.84. The Balaban J connectivity index is 1.73. The van der Waals surface area contributed by atoms with Crippen LogP contribution in [0.3, 0.4) is 0 Å². The molecule has 0 aliphatic heterocycles. The monoisotopic (exact) mass is 275 g/mol. The minimum absolute atomic E-state index is 0.651. The number of H-pyrrole nitrogens is 1. The first-order valence-corrected chi connectivity index (χ1v) is 7.84. The molecule has 0 radical (unpaired) electrons. The van der Waals surface area contributed by atoms with E-state index in [1.54, 1.807) is 0 Å². The van der Waals surface area contributed by atoms with Gasteiger partial charge in [-0.15, -0.1) is 0 Å². The van der Waals surface area contributed by atoms with Crippen LogP contribution >= 0.6 is 0 Å². The van der Waals surface area contributed by atoms with E-state index in [-0.39, 0.29) is 0 Å². The Labute approximate surface area is 123 Å². The molecule has 2 heterocycles. The van der Waals surface area contributed by atoms with Gasteiger partial charge >= 0.3 is 0 Å². The van der Waals surface area contributed by atoms with Gasteiger partial charge in [-0.25, -0.2) is 4.98 Å². The van der Waals surface area contributed by atoms with Crippen LogP contribution in [0.1, 0.15) is 49.0 Å². The summed E-state index contributed by atoms with van der Waals surface area (Å²) in [6.45, 7) is 0. The lowest BCUT2D eigenvalue weighted by molar-refractivity contribution is 0.986. The van der Waals surface area contributed by atoms with E-state index in [9.17, 15) is 0 Å². The van der Waals surface area contributed by atoms with E-state index in [1.165, 1.54) is 42.5 Å². The molecule has 104 valence electrons. The minimum atomic E-state index is 0.651. The van der Waals surface area contributed by atoms with Crippen LogP contribution in [-0.2, 0) is 0 Å². The van der Waals surface area contributed by atoms with Crippen LogP contribution in [0, 0.1) is 0 Å². The van der Waals surface area contributed by atoms with Crippen LogP contribution in [-0.4, -0.2) is 15.0 Å².